The first-order valence-corrected chi connectivity index (χ1v) is 6.70. The lowest BCUT2D eigenvalue weighted by Crippen LogP contribution is -2.37. The zero-order chi connectivity index (χ0) is 16.4. The summed E-state index contributed by atoms with van der Waals surface area (Å²) >= 11 is 0. The van der Waals surface area contributed by atoms with Crippen LogP contribution in [-0.2, 0) is 6.54 Å². The minimum Gasteiger partial charge on any atom is -0.390 e. The number of aliphatic hydroxyl groups is 1. The highest BCUT2D eigenvalue weighted by atomic mass is 19.1. The molecular formula is C15H18FN5O. The van der Waals surface area contributed by atoms with Crippen LogP contribution in [0, 0.1) is 28.5 Å². The monoisotopic (exact) mass is 303 g/mol. The average Bonchev–Trinajstić information content (AvgIpc) is 2.53. The van der Waals surface area contributed by atoms with Crippen LogP contribution in [0.5, 0.6) is 0 Å². The molecule has 0 heterocycles. The number of nitrogens with one attached hydrogen (secondary N) is 3. The SMILES string of the molecule is CNC(NCC(O)CNCc1ccc(F)cc1)=C(C#N)C#N. The van der Waals surface area contributed by atoms with Gasteiger partial charge < -0.3 is 21.1 Å². The van der Waals surface area contributed by atoms with Crippen molar-refractivity contribution in [2.45, 2.75) is 12.6 Å². The first-order valence-electron chi connectivity index (χ1n) is 6.70. The van der Waals surface area contributed by atoms with Crippen molar-refractivity contribution in [3.8, 4) is 12.1 Å². The molecule has 0 bridgehead atoms. The molecule has 0 saturated carbocycles. The van der Waals surface area contributed by atoms with E-state index in [1.807, 2.05) is 0 Å². The number of nitriles is 2. The van der Waals surface area contributed by atoms with Crippen LogP contribution in [0.1, 0.15) is 5.56 Å². The quantitative estimate of drug-likeness (QED) is 0.516. The standard InChI is InChI=1S/C15H18FN5O/c1-19-15(12(6-17)7-18)21-10-14(22)9-20-8-11-2-4-13(16)5-3-11/h2-5,14,19-22H,8-10H2,1H3. The van der Waals surface area contributed by atoms with E-state index in [9.17, 15) is 9.50 Å². The van der Waals surface area contributed by atoms with Gasteiger partial charge in [-0.2, -0.15) is 10.5 Å². The molecule has 0 spiro atoms. The summed E-state index contributed by atoms with van der Waals surface area (Å²) in [6, 6.07) is 9.62. The Balaban J connectivity index is 2.36. The van der Waals surface area contributed by atoms with Crippen LogP contribution in [0.15, 0.2) is 35.7 Å². The maximum Gasteiger partial charge on any atom is 0.169 e. The fourth-order valence-corrected chi connectivity index (χ4v) is 1.72. The van der Waals surface area contributed by atoms with Gasteiger partial charge >= 0.3 is 0 Å². The third-order valence-electron chi connectivity index (χ3n) is 2.86. The molecule has 0 saturated heterocycles. The van der Waals surface area contributed by atoms with Crippen molar-refractivity contribution in [1.82, 2.24) is 16.0 Å². The Kier molecular flexibility index (Phi) is 7.41. The van der Waals surface area contributed by atoms with Gasteiger partial charge in [-0.15, -0.1) is 0 Å². The topological polar surface area (TPSA) is 104 Å². The van der Waals surface area contributed by atoms with Crippen LogP contribution in [0.25, 0.3) is 0 Å². The summed E-state index contributed by atoms with van der Waals surface area (Å²) in [5.41, 5.74) is 0.836. The number of benzene rings is 1. The normalized spacial score (nSPS) is 11.0. The minimum atomic E-state index is -0.706. The van der Waals surface area contributed by atoms with Crippen molar-refractivity contribution >= 4 is 0 Å². The van der Waals surface area contributed by atoms with Crippen molar-refractivity contribution in [3.05, 3.63) is 47.0 Å². The number of halogens is 1. The van der Waals surface area contributed by atoms with E-state index in [2.05, 4.69) is 16.0 Å². The van der Waals surface area contributed by atoms with Gasteiger partial charge in [0.15, 0.2) is 5.57 Å². The minimum absolute atomic E-state index is 0.0750. The van der Waals surface area contributed by atoms with Crippen LogP contribution in [0.2, 0.25) is 0 Å². The highest BCUT2D eigenvalue weighted by Gasteiger charge is 2.08. The summed E-state index contributed by atoms with van der Waals surface area (Å²) < 4.78 is 12.7. The molecule has 0 aliphatic carbocycles. The van der Waals surface area contributed by atoms with Crippen molar-refractivity contribution < 1.29 is 9.50 Å². The number of hydrogen-bond acceptors (Lipinski definition) is 6. The summed E-state index contributed by atoms with van der Waals surface area (Å²) in [7, 11) is 1.58. The maximum absolute atomic E-state index is 12.7. The molecule has 0 fully saturated rings. The third kappa shape index (κ3) is 5.80. The molecule has 116 valence electrons. The van der Waals surface area contributed by atoms with E-state index in [1.165, 1.54) is 12.1 Å². The summed E-state index contributed by atoms with van der Waals surface area (Å²) in [4.78, 5) is 0. The molecule has 0 radical (unpaired) electrons. The molecule has 22 heavy (non-hydrogen) atoms. The van der Waals surface area contributed by atoms with E-state index >= 15 is 0 Å². The fourth-order valence-electron chi connectivity index (χ4n) is 1.72. The van der Waals surface area contributed by atoms with Gasteiger partial charge in [0, 0.05) is 26.7 Å². The summed E-state index contributed by atoms with van der Waals surface area (Å²) in [6.45, 7) is 1.00. The largest absolute Gasteiger partial charge is 0.390 e. The molecular weight excluding hydrogens is 285 g/mol. The van der Waals surface area contributed by atoms with Gasteiger partial charge in [-0.3, -0.25) is 0 Å². The van der Waals surface area contributed by atoms with Gasteiger partial charge in [0.1, 0.15) is 23.8 Å². The Morgan fingerprint density at radius 3 is 2.41 bits per heavy atom. The molecule has 1 unspecified atom stereocenters. The first kappa shape index (κ1) is 17.4. The Hall–Kier alpha value is -2.61. The summed E-state index contributed by atoms with van der Waals surface area (Å²) in [5.74, 6) is -0.00672. The van der Waals surface area contributed by atoms with Crippen molar-refractivity contribution in [2.75, 3.05) is 20.1 Å². The lowest BCUT2D eigenvalue weighted by molar-refractivity contribution is 0.171. The van der Waals surface area contributed by atoms with E-state index in [0.29, 0.717) is 13.1 Å². The zero-order valence-corrected chi connectivity index (χ0v) is 12.2. The predicted octanol–water partition coefficient (Wildman–Crippen LogP) is 0.344. The second-order valence-electron chi connectivity index (χ2n) is 4.52. The Morgan fingerprint density at radius 1 is 1.23 bits per heavy atom. The van der Waals surface area contributed by atoms with Gasteiger partial charge in [0.25, 0.3) is 0 Å². The highest BCUT2D eigenvalue weighted by molar-refractivity contribution is 5.38. The van der Waals surface area contributed by atoms with Gasteiger partial charge in [-0.1, -0.05) is 12.1 Å². The molecule has 0 aliphatic heterocycles. The predicted molar refractivity (Wildman–Crippen MR) is 79.4 cm³/mol. The second-order valence-corrected chi connectivity index (χ2v) is 4.52. The Bertz CT molecular complexity index is 569. The van der Waals surface area contributed by atoms with Crippen molar-refractivity contribution in [2.24, 2.45) is 0 Å². The molecule has 7 heteroatoms. The van der Waals surface area contributed by atoms with Crippen LogP contribution in [-0.4, -0.2) is 31.3 Å². The molecule has 1 atom stereocenters. The molecule has 6 nitrogen and oxygen atoms in total. The Labute approximate surface area is 128 Å². The van der Waals surface area contributed by atoms with Gasteiger partial charge in [-0.25, -0.2) is 4.39 Å². The smallest absolute Gasteiger partial charge is 0.169 e. The lowest BCUT2D eigenvalue weighted by atomic mass is 10.2. The number of aliphatic hydroxyl groups excluding tert-OH is 1. The maximum atomic E-state index is 12.7. The van der Waals surface area contributed by atoms with Crippen molar-refractivity contribution in [1.29, 1.82) is 10.5 Å². The fraction of sp³-hybridized carbons (Fsp3) is 0.333. The highest BCUT2D eigenvalue weighted by Crippen LogP contribution is 2.02. The van der Waals surface area contributed by atoms with Crippen LogP contribution in [0.3, 0.4) is 0 Å². The second kappa shape index (κ2) is 9.35. The van der Waals surface area contributed by atoms with Gasteiger partial charge in [0.05, 0.1) is 6.10 Å². The first-order chi connectivity index (χ1) is 10.6. The van der Waals surface area contributed by atoms with E-state index in [4.69, 9.17) is 10.5 Å². The van der Waals surface area contributed by atoms with E-state index in [1.54, 1.807) is 31.3 Å². The molecule has 1 rings (SSSR count). The molecule has 0 amide bonds. The molecule has 4 N–H and O–H groups in total. The molecule has 0 aliphatic rings. The van der Waals surface area contributed by atoms with Gasteiger partial charge in [0.2, 0.25) is 0 Å². The van der Waals surface area contributed by atoms with Crippen molar-refractivity contribution in [3.63, 3.8) is 0 Å². The number of hydrogen-bond donors (Lipinski definition) is 4. The number of rotatable bonds is 8. The van der Waals surface area contributed by atoms with Crippen LogP contribution >= 0.6 is 0 Å². The lowest BCUT2D eigenvalue weighted by Gasteiger charge is -2.15. The van der Waals surface area contributed by atoms with E-state index < -0.39 is 6.10 Å². The summed E-state index contributed by atoms with van der Waals surface area (Å²) in [5, 5.41) is 35.9. The average molecular weight is 303 g/mol. The third-order valence-corrected chi connectivity index (χ3v) is 2.86. The van der Waals surface area contributed by atoms with Crippen LogP contribution < -0.4 is 16.0 Å². The Morgan fingerprint density at radius 2 is 1.86 bits per heavy atom. The zero-order valence-electron chi connectivity index (χ0n) is 12.2. The molecule has 0 aromatic heterocycles. The molecule has 1 aromatic carbocycles. The van der Waals surface area contributed by atoms with E-state index in [-0.39, 0.29) is 23.8 Å². The summed E-state index contributed by atoms with van der Waals surface area (Å²) in [6.07, 6.45) is -0.706. The molecule has 1 aromatic rings. The number of allylic oxidation sites excluding steroid dienone is 1. The van der Waals surface area contributed by atoms with E-state index in [0.717, 1.165) is 5.56 Å². The number of nitrogens with zero attached hydrogens (tertiary/aromatic N) is 2. The van der Waals surface area contributed by atoms with Crippen LogP contribution in [0.4, 0.5) is 4.39 Å². The van der Waals surface area contributed by atoms with Gasteiger partial charge in [-0.05, 0) is 17.7 Å².